The second-order valence-corrected chi connectivity index (χ2v) is 7.72. The molecule has 0 radical (unpaired) electrons. The van der Waals surface area contributed by atoms with E-state index in [2.05, 4.69) is 29.5 Å². The van der Waals surface area contributed by atoms with Gasteiger partial charge in [0, 0.05) is 39.1 Å². The van der Waals surface area contributed by atoms with Crippen LogP contribution < -0.4 is 10.6 Å². The van der Waals surface area contributed by atoms with Crippen molar-refractivity contribution in [2.75, 3.05) is 26.7 Å². The van der Waals surface area contributed by atoms with Gasteiger partial charge in [0.25, 0.3) is 0 Å². The number of nitrogens with one attached hydrogen (secondary N) is 2. The molecule has 0 bridgehead atoms. The average molecular weight is 322 g/mol. The third-order valence-electron chi connectivity index (χ3n) is 5.58. The lowest BCUT2D eigenvalue weighted by atomic mass is 9.78. The van der Waals surface area contributed by atoms with Crippen molar-refractivity contribution in [1.82, 2.24) is 15.5 Å². The van der Waals surface area contributed by atoms with Gasteiger partial charge in [-0.15, -0.1) is 0 Å². The van der Waals surface area contributed by atoms with Crippen LogP contribution in [0.5, 0.6) is 0 Å². The van der Waals surface area contributed by atoms with E-state index in [0.29, 0.717) is 17.9 Å². The van der Waals surface area contributed by atoms with Gasteiger partial charge in [-0.1, -0.05) is 33.6 Å². The molecule has 1 aliphatic carbocycles. The summed E-state index contributed by atoms with van der Waals surface area (Å²) in [7, 11) is 1.82. The maximum absolute atomic E-state index is 11.8. The summed E-state index contributed by atoms with van der Waals surface area (Å²) in [5.74, 6) is 1.93. The lowest BCUT2D eigenvalue weighted by Crippen LogP contribution is -2.48. The Morgan fingerprint density at radius 2 is 1.96 bits per heavy atom. The number of aliphatic imine (C=N–C) groups is 1. The van der Waals surface area contributed by atoms with E-state index in [-0.39, 0.29) is 5.91 Å². The lowest BCUT2D eigenvalue weighted by molar-refractivity contribution is -0.129. The standard InChI is InChI=1S/C18H34N4O/c1-5-16(23)22-11-10-15(12-22)21-17(19-4)20-13-18(2,3)14-8-6-7-9-14/h14-15H,5-13H2,1-4H3,(H2,19,20,21). The lowest BCUT2D eigenvalue weighted by Gasteiger charge is -2.32. The molecule has 2 N–H and O–H groups in total. The smallest absolute Gasteiger partial charge is 0.222 e. The minimum atomic E-state index is 0.250. The predicted octanol–water partition coefficient (Wildman–Crippen LogP) is 2.38. The number of hydrogen-bond acceptors (Lipinski definition) is 2. The molecular formula is C18H34N4O. The van der Waals surface area contributed by atoms with Gasteiger partial charge in [-0.3, -0.25) is 9.79 Å². The third kappa shape index (κ3) is 4.85. The Balaban J connectivity index is 1.79. The molecule has 1 unspecified atom stereocenters. The SMILES string of the molecule is CCC(=O)N1CCC(NC(=NC)NCC(C)(C)C2CCCC2)C1. The summed E-state index contributed by atoms with van der Waals surface area (Å²) < 4.78 is 0. The zero-order valence-corrected chi connectivity index (χ0v) is 15.3. The van der Waals surface area contributed by atoms with Crippen molar-refractivity contribution in [1.29, 1.82) is 0 Å². The van der Waals surface area contributed by atoms with Gasteiger partial charge in [-0.25, -0.2) is 0 Å². The Morgan fingerprint density at radius 3 is 2.57 bits per heavy atom. The molecule has 1 saturated heterocycles. The summed E-state index contributed by atoms with van der Waals surface area (Å²) in [5, 5.41) is 6.99. The van der Waals surface area contributed by atoms with Crippen LogP contribution in [0, 0.1) is 11.3 Å². The van der Waals surface area contributed by atoms with Gasteiger partial charge < -0.3 is 15.5 Å². The van der Waals surface area contributed by atoms with Gasteiger partial charge in [-0.2, -0.15) is 0 Å². The van der Waals surface area contributed by atoms with E-state index in [9.17, 15) is 4.79 Å². The maximum atomic E-state index is 11.8. The van der Waals surface area contributed by atoms with Gasteiger partial charge in [0.05, 0.1) is 0 Å². The Hall–Kier alpha value is -1.26. The van der Waals surface area contributed by atoms with E-state index in [1.54, 1.807) is 0 Å². The summed E-state index contributed by atoms with van der Waals surface area (Å²) in [4.78, 5) is 18.1. The molecule has 23 heavy (non-hydrogen) atoms. The molecule has 2 aliphatic rings. The first-order valence-electron chi connectivity index (χ1n) is 9.21. The average Bonchev–Trinajstić information content (AvgIpc) is 3.22. The van der Waals surface area contributed by atoms with Crippen LogP contribution in [-0.4, -0.2) is 49.5 Å². The topological polar surface area (TPSA) is 56.7 Å². The van der Waals surface area contributed by atoms with E-state index in [1.165, 1.54) is 25.7 Å². The quantitative estimate of drug-likeness (QED) is 0.603. The van der Waals surface area contributed by atoms with Gasteiger partial charge >= 0.3 is 0 Å². The summed E-state index contributed by atoms with van der Waals surface area (Å²) in [6.07, 6.45) is 7.07. The van der Waals surface area contributed by atoms with Crippen LogP contribution in [0.15, 0.2) is 4.99 Å². The molecule has 1 amide bonds. The molecule has 0 aromatic carbocycles. The van der Waals surface area contributed by atoms with E-state index < -0.39 is 0 Å². The van der Waals surface area contributed by atoms with Crippen molar-refractivity contribution in [3.05, 3.63) is 0 Å². The predicted molar refractivity (Wildman–Crippen MR) is 95.5 cm³/mol. The molecule has 1 aliphatic heterocycles. The largest absolute Gasteiger partial charge is 0.356 e. The van der Waals surface area contributed by atoms with Crippen LogP contribution in [0.3, 0.4) is 0 Å². The van der Waals surface area contributed by atoms with Crippen LogP contribution in [0.1, 0.15) is 59.3 Å². The minimum Gasteiger partial charge on any atom is -0.356 e. The first-order valence-corrected chi connectivity index (χ1v) is 9.21. The summed E-state index contributed by atoms with van der Waals surface area (Å²) in [6.45, 7) is 9.24. The molecule has 1 saturated carbocycles. The molecule has 0 aromatic rings. The first-order chi connectivity index (χ1) is 11.0. The Labute approximate surface area is 141 Å². The fourth-order valence-corrected chi connectivity index (χ4v) is 3.88. The number of likely N-dealkylation sites (tertiary alicyclic amines) is 1. The van der Waals surface area contributed by atoms with Crippen LogP contribution in [0.25, 0.3) is 0 Å². The van der Waals surface area contributed by atoms with Gasteiger partial charge in [0.2, 0.25) is 5.91 Å². The van der Waals surface area contributed by atoms with Crippen LogP contribution in [0.4, 0.5) is 0 Å². The Morgan fingerprint density at radius 1 is 1.26 bits per heavy atom. The molecule has 0 spiro atoms. The van der Waals surface area contributed by atoms with Crippen molar-refractivity contribution in [2.24, 2.45) is 16.3 Å². The second kappa shape index (κ2) is 8.02. The molecule has 1 heterocycles. The van der Waals surface area contributed by atoms with Gasteiger partial charge in [-0.05, 0) is 30.6 Å². The highest BCUT2D eigenvalue weighted by molar-refractivity contribution is 5.80. The summed E-state index contributed by atoms with van der Waals surface area (Å²) in [6, 6.07) is 0.311. The van der Waals surface area contributed by atoms with E-state index in [4.69, 9.17) is 0 Å². The van der Waals surface area contributed by atoms with Gasteiger partial charge in [0.1, 0.15) is 0 Å². The highest BCUT2D eigenvalue weighted by Crippen LogP contribution is 2.38. The highest BCUT2D eigenvalue weighted by atomic mass is 16.2. The number of carbonyl (C=O) groups excluding carboxylic acids is 1. The van der Waals surface area contributed by atoms with Crippen molar-refractivity contribution < 1.29 is 4.79 Å². The maximum Gasteiger partial charge on any atom is 0.222 e. The monoisotopic (exact) mass is 322 g/mol. The number of carbonyl (C=O) groups is 1. The summed E-state index contributed by atoms with van der Waals surface area (Å²) in [5.41, 5.74) is 0.300. The van der Waals surface area contributed by atoms with Crippen molar-refractivity contribution in [2.45, 2.75) is 65.3 Å². The zero-order valence-electron chi connectivity index (χ0n) is 15.3. The van der Waals surface area contributed by atoms with Crippen molar-refractivity contribution in [3.63, 3.8) is 0 Å². The molecule has 2 fully saturated rings. The number of amides is 1. The van der Waals surface area contributed by atoms with E-state index >= 15 is 0 Å². The molecule has 5 heteroatoms. The highest BCUT2D eigenvalue weighted by Gasteiger charge is 2.32. The van der Waals surface area contributed by atoms with E-state index in [1.807, 2.05) is 18.9 Å². The van der Waals surface area contributed by atoms with Crippen LogP contribution in [0.2, 0.25) is 0 Å². The van der Waals surface area contributed by atoms with Crippen molar-refractivity contribution >= 4 is 11.9 Å². The normalized spacial score (nSPS) is 23.4. The molecule has 0 aromatic heterocycles. The number of guanidine groups is 1. The number of hydrogen-bond donors (Lipinski definition) is 2. The molecule has 2 rings (SSSR count). The second-order valence-electron chi connectivity index (χ2n) is 7.72. The van der Waals surface area contributed by atoms with E-state index in [0.717, 1.165) is 37.9 Å². The molecule has 1 atom stereocenters. The fourth-order valence-electron chi connectivity index (χ4n) is 3.88. The fraction of sp³-hybridized carbons (Fsp3) is 0.889. The van der Waals surface area contributed by atoms with Crippen LogP contribution in [-0.2, 0) is 4.79 Å². The van der Waals surface area contributed by atoms with Gasteiger partial charge in [0.15, 0.2) is 5.96 Å². The summed E-state index contributed by atoms with van der Waals surface area (Å²) >= 11 is 0. The molecule has 132 valence electrons. The van der Waals surface area contributed by atoms with Crippen molar-refractivity contribution in [3.8, 4) is 0 Å². The minimum absolute atomic E-state index is 0.250. The molecular weight excluding hydrogens is 288 g/mol. The Kier molecular flexibility index (Phi) is 6.31. The Bertz CT molecular complexity index is 427. The first kappa shape index (κ1) is 18.1. The van der Waals surface area contributed by atoms with Crippen LogP contribution >= 0.6 is 0 Å². The number of rotatable bonds is 5. The zero-order chi connectivity index (χ0) is 16.9. The third-order valence-corrected chi connectivity index (χ3v) is 5.58. The number of nitrogens with zero attached hydrogens (tertiary/aromatic N) is 2. The molecule has 5 nitrogen and oxygen atoms in total.